The van der Waals surface area contributed by atoms with Crippen molar-refractivity contribution in [2.24, 2.45) is 0 Å². The fourth-order valence-electron chi connectivity index (χ4n) is 1.35. The standard InChI is InChI=1S/C11H10I/c1-12-11-8-4-6-9-5-2-3-7-10(9)11/h2-8H,1H3/q-1. The number of halogens is 1. The molecule has 0 amide bonds. The van der Waals surface area contributed by atoms with E-state index in [2.05, 4.69) is 47.4 Å². The third kappa shape index (κ3) is 1.33. The Morgan fingerprint density at radius 1 is 0.917 bits per heavy atom. The number of fused-ring (bicyclic) bond motifs is 1. The van der Waals surface area contributed by atoms with Gasteiger partial charge in [0.25, 0.3) is 0 Å². The summed E-state index contributed by atoms with van der Waals surface area (Å²) in [6.45, 7) is 0. The van der Waals surface area contributed by atoms with Gasteiger partial charge in [0.05, 0.1) is 0 Å². The minimum atomic E-state index is 0.207. The molecule has 0 aliphatic rings. The average Bonchev–Trinajstić information content (AvgIpc) is 2.17. The maximum absolute atomic E-state index is 2.31. The average molecular weight is 269 g/mol. The van der Waals surface area contributed by atoms with Crippen molar-refractivity contribution in [3.63, 3.8) is 0 Å². The molecule has 0 spiro atoms. The Bertz CT molecular complexity index is 388. The first-order valence-corrected chi connectivity index (χ1v) is 7.12. The second-order valence-corrected chi connectivity index (χ2v) is 4.89. The Morgan fingerprint density at radius 2 is 1.67 bits per heavy atom. The van der Waals surface area contributed by atoms with Gasteiger partial charge >= 0.3 is 82.9 Å². The molecule has 0 nitrogen and oxygen atoms in total. The summed E-state index contributed by atoms with van der Waals surface area (Å²) in [7, 11) is 0. The summed E-state index contributed by atoms with van der Waals surface area (Å²) in [5, 5.41) is 2.81. The van der Waals surface area contributed by atoms with Crippen molar-refractivity contribution in [3.8, 4) is 0 Å². The summed E-state index contributed by atoms with van der Waals surface area (Å²) in [5.41, 5.74) is 0. The van der Waals surface area contributed by atoms with Gasteiger partial charge in [-0.05, 0) is 0 Å². The fraction of sp³-hybridized carbons (Fsp3) is 0.0909. The molecule has 12 heavy (non-hydrogen) atoms. The van der Waals surface area contributed by atoms with E-state index in [-0.39, 0.29) is 21.2 Å². The number of alkyl halides is 1. The van der Waals surface area contributed by atoms with Crippen molar-refractivity contribution in [2.75, 3.05) is 4.93 Å². The Balaban J connectivity index is 2.79. The molecule has 2 rings (SSSR count). The van der Waals surface area contributed by atoms with Gasteiger partial charge in [-0.25, -0.2) is 0 Å². The second-order valence-electron chi connectivity index (χ2n) is 2.65. The van der Waals surface area contributed by atoms with Gasteiger partial charge in [0, 0.05) is 0 Å². The van der Waals surface area contributed by atoms with Gasteiger partial charge in [-0.15, -0.1) is 0 Å². The van der Waals surface area contributed by atoms with Gasteiger partial charge in [0.1, 0.15) is 0 Å². The van der Waals surface area contributed by atoms with Crippen LogP contribution in [0.2, 0.25) is 0 Å². The first-order chi connectivity index (χ1) is 5.92. The van der Waals surface area contributed by atoms with E-state index < -0.39 is 0 Å². The number of benzene rings is 2. The molecule has 0 saturated carbocycles. The Kier molecular flexibility index (Phi) is 2.30. The topological polar surface area (TPSA) is 0 Å². The van der Waals surface area contributed by atoms with E-state index in [1.165, 1.54) is 10.8 Å². The molecule has 62 valence electrons. The van der Waals surface area contributed by atoms with Gasteiger partial charge in [-0.1, -0.05) is 0 Å². The van der Waals surface area contributed by atoms with Crippen LogP contribution in [0.5, 0.6) is 0 Å². The molecule has 2 aromatic carbocycles. The molecule has 0 radical (unpaired) electrons. The van der Waals surface area contributed by atoms with Crippen molar-refractivity contribution >= 4 is 10.8 Å². The number of rotatable bonds is 1. The molecule has 1 heteroatoms. The molecule has 0 fully saturated rings. The van der Waals surface area contributed by atoms with Crippen molar-refractivity contribution in [3.05, 3.63) is 46.0 Å². The van der Waals surface area contributed by atoms with Gasteiger partial charge in [0.2, 0.25) is 0 Å². The Hall–Kier alpha value is -0.570. The van der Waals surface area contributed by atoms with Crippen LogP contribution in [-0.2, 0) is 0 Å². The molecule has 0 aliphatic heterocycles. The van der Waals surface area contributed by atoms with E-state index in [0.717, 1.165) is 0 Å². The van der Waals surface area contributed by atoms with E-state index in [9.17, 15) is 0 Å². The molecule has 0 saturated heterocycles. The Morgan fingerprint density at radius 3 is 2.50 bits per heavy atom. The van der Waals surface area contributed by atoms with Crippen molar-refractivity contribution < 1.29 is 21.2 Å². The predicted octanol–water partition coefficient (Wildman–Crippen LogP) is -0.272. The van der Waals surface area contributed by atoms with Crippen LogP contribution in [0.15, 0.2) is 42.5 Å². The van der Waals surface area contributed by atoms with E-state index in [1.807, 2.05) is 0 Å². The van der Waals surface area contributed by atoms with Crippen LogP contribution >= 0.6 is 0 Å². The van der Waals surface area contributed by atoms with Crippen LogP contribution in [0, 0.1) is 3.57 Å². The summed E-state index contributed by atoms with van der Waals surface area (Å²) in [4.78, 5) is 2.31. The third-order valence-corrected chi connectivity index (χ3v) is 4.04. The summed E-state index contributed by atoms with van der Waals surface area (Å²) < 4.78 is 1.55. The van der Waals surface area contributed by atoms with Crippen molar-refractivity contribution in [2.45, 2.75) is 0 Å². The van der Waals surface area contributed by atoms with Crippen LogP contribution in [-0.4, -0.2) is 4.93 Å². The van der Waals surface area contributed by atoms with E-state index >= 15 is 0 Å². The SMILES string of the molecule is C[I-]c1cccc2ccccc12. The predicted molar refractivity (Wildman–Crippen MR) is 48.6 cm³/mol. The van der Waals surface area contributed by atoms with Gasteiger partial charge in [0.15, 0.2) is 0 Å². The molecular formula is C11H10I-. The van der Waals surface area contributed by atoms with Crippen LogP contribution in [0.25, 0.3) is 10.8 Å². The van der Waals surface area contributed by atoms with Gasteiger partial charge < -0.3 is 0 Å². The molecular weight excluding hydrogens is 259 g/mol. The summed E-state index contributed by atoms with van der Waals surface area (Å²) in [5.74, 6) is 0. The Labute approximate surface area is 82.9 Å². The molecule has 0 aliphatic carbocycles. The normalized spacial score (nSPS) is 10.8. The summed E-state index contributed by atoms with van der Waals surface area (Å²) in [6, 6.07) is 15.2. The number of hydrogen-bond donors (Lipinski definition) is 0. The van der Waals surface area contributed by atoms with Crippen LogP contribution in [0.1, 0.15) is 0 Å². The molecule has 0 heterocycles. The van der Waals surface area contributed by atoms with E-state index in [1.54, 1.807) is 3.57 Å². The molecule has 0 N–H and O–H groups in total. The quantitative estimate of drug-likeness (QED) is 0.494. The fourth-order valence-corrected chi connectivity index (χ4v) is 2.99. The van der Waals surface area contributed by atoms with Gasteiger partial charge in [-0.2, -0.15) is 0 Å². The first-order valence-electron chi connectivity index (χ1n) is 3.89. The van der Waals surface area contributed by atoms with Crippen LogP contribution in [0.4, 0.5) is 0 Å². The minimum absolute atomic E-state index is 0.207. The molecule has 0 atom stereocenters. The zero-order chi connectivity index (χ0) is 8.39. The summed E-state index contributed by atoms with van der Waals surface area (Å²) >= 11 is 0.207. The molecule has 0 aromatic heterocycles. The number of hydrogen-bond acceptors (Lipinski definition) is 0. The monoisotopic (exact) mass is 269 g/mol. The molecule has 0 bridgehead atoms. The van der Waals surface area contributed by atoms with E-state index in [4.69, 9.17) is 0 Å². The van der Waals surface area contributed by atoms with Gasteiger partial charge in [-0.3, -0.25) is 0 Å². The molecule has 2 aromatic rings. The first kappa shape index (κ1) is 8.05. The zero-order valence-corrected chi connectivity index (χ0v) is 9.08. The summed E-state index contributed by atoms with van der Waals surface area (Å²) in [6.07, 6.45) is 0. The van der Waals surface area contributed by atoms with Crippen molar-refractivity contribution in [1.29, 1.82) is 0 Å². The molecule has 0 unspecified atom stereocenters. The maximum atomic E-state index is 2.31. The zero-order valence-electron chi connectivity index (χ0n) is 6.92. The van der Waals surface area contributed by atoms with Crippen LogP contribution in [0.3, 0.4) is 0 Å². The third-order valence-electron chi connectivity index (χ3n) is 1.94. The van der Waals surface area contributed by atoms with Crippen LogP contribution < -0.4 is 21.2 Å². The van der Waals surface area contributed by atoms with Crippen molar-refractivity contribution in [1.82, 2.24) is 0 Å². The second kappa shape index (κ2) is 3.44. The van der Waals surface area contributed by atoms with E-state index in [0.29, 0.717) is 0 Å².